The summed E-state index contributed by atoms with van der Waals surface area (Å²) in [5.41, 5.74) is 19.5. The summed E-state index contributed by atoms with van der Waals surface area (Å²) >= 11 is 0. The van der Waals surface area contributed by atoms with Gasteiger partial charge in [0.1, 0.15) is 0 Å². The summed E-state index contributed by atoms with van der Waals surface area (Å²) in [6, 6.07) is 49.3. The Morgan fingerprint density at radius 1 is 0.473 bits per heavy atom. The van der Waals surface area contributed by atoms with Crippen molar-refractivity contribution in [3.63, 3.8) is 0 Å². The fourth-order valence-electron chi connectivity index (χ4n) is 7.79. The highest BCUT2D eigenvalue weighted by molar-refractivity contribution is 5.87. The molecule has 0 saturated heterocycles. The van der Waals surface area contributed by atoms with Crippen molar-refractivity contribution < 1.29 is 0 Å². The quantitative estimate of drug-likeness (QED) is 0.156. The van der Waals surface area contributed by atoms with Crippen molar-refractivity contribution in [2.45, 2.75) is 108 Å². The molecule has 2 aliphatic rings. The van der Waals surface area contributed by atoms with Crippen molar-refractivity contribution in [2.75, 3.05) is 6.54 Å². The Labute approximate surface area is 336 Å². The first-order chi connectivity index (χ1) is 25.7. The first-order valence-electron chi connectivity index (χ1n) is 19.5. The lowest BCUT2D eigenvalue weighted by atomic mass is 9.61. The average Bonchev–Trinajstić information content (AvgIpc) is 3.46. The van der Waals surface area contributed by atoms with E-state index in [4.69, 9.17) is 6.57 Å². The van der Waals surface area contributed by atoms with E-state index >= 15 is 0 Å². The molecule has 0 bridgehead atoms. The molecule has 1 spiro atoms. The van der Waals surface area contributed by atoms with Crippen molar-refractivity contribution in [1.82, 2.24) is 0 Å². The number of hydrogen-bond donors (Lipinski definition) is 0. The summed E-state index contributed by atoms with van der Waals surface area (Å²) in [4.78, 5) is 2.99. The van der Waals surface area contributed by atoms with E-state index in [1.807, 2.05) is 6.92 Å². The van der Waals surface area contributed by atoms with E-state index in [0.29, 0.717) is 6.54 Å². The first kappa shape index (κ1) is 46.0. The van der Waals surface area contributed by atoms with Crippen LogP contribution in [0.25, 0.3) is 16.0 Å². The maximum absolute atomic E-state index is 6.08. The number of hydrogen-bond acceptors (Lipinski definition) is 0. The van der Waals surface area contributed by atoms with E-state index in [2.05, 4.69) is 194 Å². The van der Waals surface area contributed by atoms with Gasteiger partial charge < -0.3 is 4.85 Å². The van der Waals surface area contributed by atoms with E-state index in [0.717, 1.165) is 19.3 Å². The van der Waals surface area contributed by atoms with Gasteiger partial charge in [0.2, 0.25) is 6.54 Å². The highest BCUT2D eigenvalue weighted by atomic mass is 14.6. The Kier molecular flexibility index (Phi) is 18.6. The molecular weight excluding hydrogens is 663 g/mol. The third kappa shape index (κ3) is 10.7. The molecule has 2 aliphatic carbocycles. The van der Waals surface area contributed by atoms with Gasteiger partial charge in [0, 0.05) is 6.92 Å². The number of rotatable bonds is 2. The van der Waals surface area contributed by atoms with E-state index in [9.17, 15) is 0 Å². The second-order valence-corrected chi connectivity index (χ2v) is 14.2. The Hall–Kier alpha value is -5.19. The molecule has 0 heterocycles. The van der Waals surface area contributed by atoms with Gasteiger partial charge in [0.15, 0.2) is 0 Å². The van der Waals surface area contributed by atoms with Gasteiger partial charge in [0.05, 0.1) is 5.41 Å². The highest BCUT2D eigenvalue weighted by Crippen LogP contribution is 2.58. The fourth-order valence-corrected chi connectivity index (χ4v) is 7.79. The van der Waals surface area contributed by atoms with Crippen molar-refractivity contribution in [3.05, 3.63) is 212 Å². The summed E-state index contributed by atoms with van der Waals surface area (Å²) < 4.78 is 0. The average molecular weight is 730 g/mol. The first-order valence-corrected chi connectivity index (χ1v) is 19.5. The standard InChI is InChI=1S/C26H18.2C10H14.C3H5N.C3H8.2CH4/c1-5-13-22-18(9-1)17-19-10-2-6-14-23(19)26(22)24-15-7-3-11-20(24)21-12-4-8-16-25(21)26;2*1-4-10-6-8(2)5-9(3)7-10;1-3-4-2;1-3-2;;/h1-16H,17H2;2*5-7H,4H2,1-3H3;3H2,1H3;3H2,1-2H3;2*1H4. The lowest BCUT2D eigenvalue weighted by Gasteiger charge is -2.40. The van der Waals surface area contributed by atoms with E-state index in [1.165, 1.54) is 84.3 Å². The summed E-state index contributed by atoms with van der Waals surface area (Å²) in [5.74, 6) is 0. The molecule has 0 radical (unpaired) electrons. The third-order valence-corrected chi connectivity index (χ3v) is 9.71. The topological polar surface area (TPSA) is 4.36 Å². The Balaban J connectivity index is 0.000000301. The van der Waals surface area contributed by atoms with Crippen molar-refractivity contribution >= 4 is 0 Å². The minimum absolute atomic E-state index is 0. The molecule has 0 fully saturated rings. The van der Waals surface area contributed by atoms with E-state index < -0.39 is 0 Å². The predicted molar refractivity (Wildman–Crippen MR) is 244 cm³/mol. The zero-order chi connectivity index (χ0) is 38.4. The van der Waals surface area contributed by atoms with Gasteiger partial charge in [-0.3, -0.25) is 0 Å². The van der Waals surface area contributed by atoms with Crippen molar-refractivity contribution in [3.8, 4) is 11.1 Å². The highest BCUT2D eigenvalue weighted by Gasteiger charge is 2.49. The minimum Gasteiger partial charge on any atom is -0.317 e. The summed E-state index contributed by atoms with van der Waals surface area (Å²) in [6.07, 6.45) is 4.55. The van der Waals surface area contributed by atoms with Gasteiger partial charge >= 0.3 is 0 Å². The molecule has 0 aromatic heterocycles. The molecule has 55 heavy (non-hydrogen) atoms. The molecule has 1 nitrogen and oxygen atoms in total. The fraction of sp³-hybridized carbons (Fsp3) is 0.315. The largest absolute Gasteiger partial charge is 0.317 e. The molecule has 6 aromatic carbocycles. The van der Waals surface area contributed by atoms with E-state index in [-0.39, 0.29) is 20.3 Å². The van der Waals surface area contributed by atoms with E-state index in [1.54, 1.807) is 0 Å². The molecule has 0 atom stereocenters. The second kappa shape index (κ2) is 22.3. The molecule has 0 aliphatic heterocycles. The molecule has 0 N–H and O–H groups in total. The van der Waals surface area contributed by atoms with Crippen LogP contribution in [0.1, 0.15) is 123 Å². The minimum atomic E-state index is -0.196. The Morgan fingerprint density at radius 2 is 0.764 bits per heavy atom. The van der Waals surface area contributed by atoms with Gasteiger partial charge in [-0.05, 0) is 103 Å². The van der Waals surface area contributed by atoms with Gasteiger partial charge in [-0.25, -0.2) is 6.57 Å². The van der Waals surface area contributed by atoms with Crippen LogP contribution >= 0.6 is 0 Å². The van der Waals surface area contributed by atoms with Crippen LogP contribution in [0.2, 0.25) is 0 Å². The summed E-state index contributed by atoms with van der Waals surface area (Å²) in [6.45, 7) is 25.7. The van der Waals surface area contributed by atoms with Gasteiger partial charge in [-0.1, -0.05) is 205 Å². The molecule has 0 saturated carbocycles. The normalized spacial score (nSPS) is 11.4. The predicted octanol–water partition coefficient (Wildman–Crippen LogP) is 15.3. The van der Waals surface area contributed by atoms with Crippen LogP contribution in [-0.4, -0.2) is 6.54 Å². The van der Waals surface area contributed by atoms with Gasteiger partial charge in [-0.15, -0.1) is 0 Å². The molecule has 1 heteroatoms. The molecule has 0 amide bonds. The van der Waals surface area contributed by atoms with Crippen LogP contribution in [0.4, 0.5) is 0 Å². The summed E-state index contributed by atoms with van der Waals surface area (Å²) in [7, 11) is 0. The lowest BCUT2D eigenvalue weighted by Crippen LogP contribution is -2.34. The zero-order valence-corrected chi connectivity index (χ0v) is 33.7. The maximum Gasteiger partial charge on any atom is 0.211 e. The van der Waals surface area contributed by atoms with Gasteiger partial charge in [-0.2, -0.15) is 0 Å². The zero-order valence-electron chi connectivity index (χ0n) is 33.7. The van der Waals surface area contributed by atoms with Crippen LogP contribution in [0, 0.1) is 34.3 Å². The third-order valence-electron chi connectivity index (χ3n) is 9.71. The van der Waals surface area contributed by atoms with Gasteiger partial charge in [0.25, 0.3) is 0 Å². The maximum atomic E-state index is 6.08. The number of aryl methyl sites for hydroxylation is 6. The Bertz CT molecular complexity index is 1940. The Morgan fingerprint density at radius 3 is 1.07 bits per heavy atom. The second-order valence-electron chi connectivity index (χ2n) is 14.2. The van der Waals surface area contributed by atoms with Crippen LogP contribution in [-0.2, 0) is 24.7 Å². The molecule has 0 unspecified atom stereocenters. The molecule has 6 aromatic rings. The molecule has 8 rings (SSSR count). The molecule has 288 valence electrons. The monoisotopic (exact) mass is 730 g/mol. The number of fused-ring (bicyclic) bond motifs is 9. The molecular formula is C54H67N. The van der Waals surface area contributed by atoms with Crippen LogP contribution in [0.5, 0.6) is 0 Å². The van der Waals surface area contributed by atoms with Crippen molar-refractivity contribution in [2.24, 2.45) is 0 Å². The van der Waals surface area contributed by atoms with Crippen LogP contribution < -0.4 is 0 Å². The van der Waals surface area contributed by atoms with Crippen LogP contribution in [0.3, 0.4) is 0 Å². The lowest BCUT2D eigenvalue weighted by molar-refractivity contribution is 0.722. The smallest absolute Gasteiger partial charge is 0.211 e. The van der Waals surface area contributed by atoms with Crippen molar-refractivity contribution in [1.29, 1.82) is 0 Å². The number of nitrogens with zero attached hydrogens (tertiary/aromatic N) is 1. The number of benzene rings is 6. The SMILES string of the molecule is C.C.CCC.CCc1cc(C)cc(C)c1.CCc1cc(C)cc(C)c1.[C-]#[N+]CC.c1ccc2c(c1)Cc1ccccc1C21c2ccccc2-c2ccccc21. The van der Waals surface area contributed by atoms with Crippen LogP contribution in [0.15, 0.2) is 133 Å². The summed E-state index contributed by atoms with van der Waals surface area (Å²) in [5, 5.41) is 0.